The lowest BCUT2D eigenvalue weighted by Gasteiger charge is -2.20. The summed E-state index contributed by atoms with van der Waals surface area (Å²) in [5, 5.41) is 0.731. The fourth-order valence-electron chi connectivity index (χ4n) is 2.70. The van der Waals surface area contributed by atoms with Gasteiger partial charge >= 0.3 is 0 Å². The van der Waals surface area contributed by atoms with Gasteiger partial charge in [0.1, 0.15) is 11.2 Å². The fraction of sp³-hybridized carbons (Fsp3) is 0.294. The van der Waals surface area contributed by atoms with Crippen LogP contribution in [0.1, 0.15) is 27.2 Å². The SMILES string of the molecule is Cc1cc(C)n(C[NH+](C)Cc2ccc(Cl)cc2)c(=S)c1C(N)=O. The molecule has 23 heavy (non-hydrogen) atoms. The number of nitrogens with zero attached hydrogens (tertiary/aromatic N) is 1. The van der Waals surface area contributed by atoms with E-state index < -0.39 is 5.91 Å². The molecular weight excluding hydrogens is 330 g/mol. The summed E-state index contributed by atoms with van der Waals surface area (Å²) in [7, 11) is 2.08. The third kappa shape index (κ3) is 4.19. The Bertz CT molecular complexity index is 784. The Hall–Kier alpha value is -1.69. The maximum absolute atomic E-state index is 11.6. The molecule has 0 radical (unpaired) electrons. The first kappa shape index (κ1) is 17.7. The van der Waals surface area contributed by atoms with Crippen LogP contribution in [0.15, 0.2) is 30.3 Å². The molecule has 0 fully saturated rings. The van der Waals surface area contributed by atoms with E-state index in [1.807, 2.05) is 48.7 Å². The van der Waals surface area contributed by atoms with Crippen LogP contribution >= 0.6 is 23.8 Å². The quantitative estimate of drug-likeness (QED) is 0.813. The second kappa shape index (κ2) is 7.25. The van der Waals surface area contributed by atoms with Crippen LogP contribution in [0.5, 0.6) is 0 Å². The molecule has 1 amide bonds. The van der Waals surface area contributed by atoms with Gasteiger partial charge in [-0.1, -0.05) is 36.0 Å². The first-order valence-electron chi connectivity index (χ1n) is 7.36. The summed E-state index contributed by atoms with van der Waals surface area (Å²) in [5.74, 6) is -0.475. The molecule has 1 heterocycles. The minimum atomic E-state index is -0.475. The number of amides is 1. The minimum Gasteiger partial charge on any atom is -0.365 e. The number of pyridine rings is 1. The third-order valence-electron chi connectivity index (χ3n) is 3.80. The van der Waals surface area contributed by atoms with Crippen LogP contribution < -0.4 is 10.6 Å². The number of carbonyl (C=O) groups is 1. The topological polar surface area (TPSA) is 52.5 Å². The largest absolute Gasteiger partial charge is 0.365 e. The Labute approximate surface area is 146 Å². The first-order chi connectivity index (χ1) is 10.8. The molecule has 0 aliphatic heterocycles. The van der Waals surface area contributed by atoms with Crippen LogP contribution in [0, 0.1) is 18.5 Å². The van der Waals surface area contributed by atoms with Crippen molar-refractivity contribution in [2.45, 2.75) is 27.1 Å². The number of aryl methyl sites for hydroxylation is 2. The summed E-state index contributed by atoms with van der Waals surface area (Å²) in [6.07, 6.45) is 0. The van der Waals surface area contributed by atoms with Crippen molar-refractivity contribution in [1.29, 1.82) is 0 Å². The van der Waals surface area contributed by atoms with Crippen molar-refractivity contribution >= 4 is 29.7 Å². The van der Waals surface area contributed by atoms with E-state index in [0.717, 1.165) is 22.8 Å². The molecule has 122 valence electrons. The molecular formula is C17H21ClN3OS+. The molecule has 2 aromatic rings. The molecule has 0 aliphatic rings. The summed E-state index contributed by atoms with van der Waals surface area (Å²) in [4.78, 5) is 12.9. The predicted molar refractivity (Wildman–Crippen MR) is 95.3 cm³/mol. The van der Waals surface area contributed by atoms with Crippen molar-refractivity contribution in [3.8, 4) is 0 Å². The van der Waals surface area contributed by atoms with Crippen LogP contribution in [0.25, 0.3) is 0 Å². The number of nitrogens with two attached hydrogens (primary N) is 1. The van der Waals surface area contributed by atoms with Crippen molar-refractivity contribution in [2.24, 2.45) is 5.73 Å². The number of hydrogen-bond acceptors (Lipinski definition) is 2. The highest BCUT2D eigenvalue weighted by molar-refractivity contribution is 7.71. The zero-order valence-corrected chi connectivity index (χ0v) is 15.1. The summed E-state index contributed by atoms with van der Waals surface area (Å²) in [6, 6.07) is 9.76. The van der Waals surface area contributed by atoms with E-state index in [-0.39, 0.29) is 0 Å². The number of quaternary nitrogens is 1. The number of halogens is 1. The Morgan fingerprint density at radius 3 is 2.48 bits per heavy atom. The zero-order chi connectivity index (χ0) is 17.1. The molecule has 3 N–H and O–H groups in total. The summed E-state index contributed by atoms with van der Waals surface area (Å²) in [5.41, 5.74) is 8.94. The zero-order valence-electron chi connectivity index (χ0n) is 13.5. The van der Waals surface area contributed by atoms with E-state index in [4.69, 9.17) is 29.6 Å². The summed E-state index contributed by atoms with van der Waals surface area (Å²) in [6.45, 7) is 5.34. The van der Waals surface area contributed by atoms with Crippen LogP contribution in [0.4, 0.5) is 0 Å². The van der Waals surface area contributed by atoms with Crippen molar-refractivity contribution < 1.29 is 9.69 Å². The minimum absolute atomic E-state index is 0.435. The molecule has 0 spiro atoms. The number of nitrogens with one attached hydrogen (secondary N) is 1. The van der Waals surface area contributed by atoms with E-state index in [0.29, 0.717) is 16.9 Å². The second-order valence-corrected chi connectivity index (χ2v) is 6.68. The maximum atomic E-state index is 11.6. The van der Waals surface area contributed by atoms with Crippen LogP contribution in [0.3, 0.4) is 0 Å². The van der Waals surface area contributed by atoms with Gasteiger partial charge in [-0.25, -0.2) is 0 Å². The summed E-state index contributed by atoms with van der Waals surface area (Å²) >= 11 is 11.4. The molecule has 0 aliphatic carbocycles. The standard InChI is InChI=1S/C17H20ClN3OS/c1-11-8-12(2)21(17(23)15(11)16(19)22)10-20(3)9-13-4-6-14(18)7-5-13/h4-8H,9-10H2,1-3H3,(H2,19,22)/p+1. The van der Waals surface area contributed by atoms with Gasteiger partial charge in [0.05, 0.1) is 12.6 Å². The average Bonchev–Trinajstić information content (AvgIpc) is 2.45. The third-order valence-corrected chi connectivity index (χ3v) is 4.47. The highest BCUT2D eigenvalue weighted by atomic mass is 35.5. The Kier molecular flexibility index (Phi) is 5.57. The lowest BCUT2D eigenvalue weighted by molar-refractivity contribution is -0.917. The molecule has 1 aromatic heterocycles. The number of rotatable bonds is 5. The molecule has 0 bridgehead atoms. The van der Waals surface area contributed by atoms with Crippen LogP contribution in [0.2, 0.25) is 5.02 Å². The highest BCUT2D eigenvalue weighted by Crippen LogP contribution is 2.13. The Morgan fingerprint density at radius 1 is 1.30 bits per heavy atom. The molecule has 2 rings (SSSR count). The number of benzene rings is 1. The van der Waals surface area contributed by atoms with Gasteiger partial charge in [0.15, 0.2) is 6.67 Å². The van der Waals surface area contributed by atoms with Crippen molar-refractivity contribution in [3.63, 3.8) is 0 Å². The van der Waals surface area contributed by atoms with Gasteiger partial charge in [-0.2, -0.15) is 0 Å². The van der Waals surface area contributed by atoms with Crippen LogP contribution in [-0.2, 0) is 13.2 Å². The predicted octanol–water partition coefficient (Wildman–Crippen LogP) is 2.26. The molecule has 1 unspecified atom stereocenters. The van der Waals surface area contributed by atoms with Gasteiger partial charge in [-0.3, -0.25) is 9.36 Å². The monoisotopic (exact) mass is 350 g/mol. The van der Waals surface area contributed by atoms with E-state index in [1.165, 1.54) is 10.5 Å². The first-order valence-corrected chi connectivity index (χ1v) is 8.14. The fourth-order valence-corrected chi connectivity index (χ4v) is 3.30. The Morgan fingerprint density at radius 2 is 1.91 bits per heavy atom. The number of hydrogen-bond donors (Lipinski definition) is 2. The van der Waals surface area contributed by atoms with E-state index >= 15 is 0 Å². The lowest BCUT2D eigenvalue weighted by Crippen LogP contribution is -3.07. The van der Waals surface area contributed by atoms with Crippen molar-refractivity contribution in [3.05, 3.63) is 62.4 Å². The lowest BCUT2D eigenvalue weighted by atomic mass is 10.1. The van der Waals surface area contributed by atoms with Gasteiger partial charge in [0, 0.05) is 16.3 Å². The normalized spacial score (nSPS) is 12.2. The summed E-state index contributed by atoms with van der Waals surface area (Å²) < 4.78 is 2.47. The number of aromatic nitrogens is 1. The number of primary amides is 1. The molecule has 1 aromatic carbocycles. The van der Waals surface area contributed by atoms with Crippen molar-refractivity contribution in [2.75, 3.05) is 7.05 Å². The van der Waals surface area contributed by atoms with Gasteiger partial charge in [0.25, 0.3) is 5.91 Å². The van der Waals surface area contributed by atoms with Crippen molar-refractivity contribution in [1.82, 2.24) is 4.57 Å². The van der Waals surface area contributed by atoms with Crippen LogP contribution in [-0.4, -0.2) is 17.5 Å². The van der Waals surface area contributed by atoms with E-state index in [1.54, 1.807) is 0 Å². The Balaban J connectivity index is 2.25. The maximum Gasteiger partial charge on any atom is 0.251 e. The molecule has 1 atom stereocenters. The average molecular weight is 351 g/mol. The second-order valence-electron chi connectivity index (χ2n) is 5.86. The van der Waals surface area contributed by atoms with Gasteiger partial charge < -0.3 is 10.6 Å². The molecule has 0 saturated carbocycles. The van der Waals surface area contributed by atoms with Gasteiger partial charge in [-0.15, -0.1) is 0 Å². The van der Waals surface area contributed by atoms with Gasteiger partial charge in [-0.05, 0) is 37.6 Å². The highest BCUT2D eigenvalue weighted by Gasteiger charge is 2.14. The van der Waals surface area contributed by atoms with E-state index in [2.05, 4.69) is 7.05 Å². The van der Waals surface area contributed by atoms with Gasteiger partial charge in [0.2, 0.25) is 0 Å². The smallest absolute Gasteiger partial charge is 0.251 e. The number of carbonyl (C=O) groups excluding carboxylic acids is 1. The van der Waals surface area contributed by atoms with E-state index in [9.17, 15) is 4.79 Å². The molecule has 0 saturated heterocycles. The molecule has 4 nitrogen and oxygen atoms in total. The molecule has 6 heteroatoms.